The van der Waals surface area contributed by atoms with Crippen LogP contribution in [0.4, 0.5) is 0 Å². The van der Waals surface area contributed by atoms with Gasteiger partial charge in [0.2, 0.25) is 0 Å². The Bertz CT molecular complexity index is 1030. The second-order valence-corrected chi connectivity index (χ2v) is 7.63. The molecule has 28 heavy (non-hydrogen) atoms. The molecule has 0 N–H and O–H groups in total. The maximum Gasteiger partial charge on any atom is 0.259 e. The first kappa shape index (κ1) is 18.5. The van der Waals surface area contributed by atoms with Crippen molar-refractivity contribution in [2.75, 3.05) is 13.7 Å². The van der Waals surface area contributed by atoms with Crippen LogP contribution in [-0.2, 0) is 0 Å². The number of hydrogen-bond acceptors (Lipinski definition) is 5. The highest BCUT2D eigenvalue weighted by molar-refractivity contribution is 6.06. The number of carbonyl (C=O) groups excluding carboxylic acids is 1. The number of ether oxygens (including phenoxy) is 1. The van der Waals surface area contributed by atoms with Crippen LogP contribution in [0.2, 0.25) is 0 Å². The molecule has 1 fully saturated rings. The van der Waals surface area contributed by atoms with Crippen LogP contribution in [0.1, 0.15) is 66.0 Å². The SMILES string of the molecule is COc1cccc([C@H]2CCCN2C(=O)c2cc(C(C)C)nc3onc(C)c23)c1. The van der Waals surface area contributed by atoms with Crippen LogP contribution in [-0.4, -0.2) is 34.6 Å². The molecular formula is C22H25N3O3. The summed E-state index contributed by atoms with van der Waals surface area (Å²) in [6.45, 7) is 6.69. The fraction of sp³-hybridized carbons (Fsp3) is 0.409. The van der Waals surface area contributed by atoms with Crippen molar-refractivity contribution >= 4 is 17.0 Å². The van der Waals surface area contributed by atoms with Crippen molar-refractivity contribution in [3.8, 4) is 5.75 Å². The summed E-state index contributed by atoms with van der Waals surface area (Å²) in [5.74, 6) is 1.00. The predicted octanol–water partition coefficient (Wildman–Crippen LogP) is 4.64. The van der Waals surface area contributed by atoms with Gasteiger partial charge in [0, 0.05) is 12.2 Å². The van der Waals surface area contributed by atoms with E-state index in [-0.39, 0.29) is 17.9 Å². The Morgan fingerprint density at radius 3 is 2.89 bits per heavy atom. The number of rotatable bonds is 4. The number of pyridine rings is 1. The first-order valence-corrected chi connectivity index (χ1v) is 9.71. The van der Waals surface area contributed by atoms with Crippen molar-refractivity contribution in [1.82, 2.24) is 15.0 Å². The predicted molar refractivity (Wildman–Crippen MR) is 107 cm³/mol. The van der Waals surface area contributed by atoms with Crippen LogP contribution >= 0.6 is 0 Å². The van der Waals surface area contributed by atoms with Gasteiger partial charge in [-0.2, -0.15) is 0 Å². The van der Waals surface area contributed by atoms with Crippen molar-refractivity contribution in [2.24, 2.45) is 0 Å². The van der Waals surface area contributed by atoms with Crippen molar-refractivity contribution in [1.29, 1.82) is 0 Å². The van der Waals surface area contributed by atoms with Gasteiger partial charge in [0.15, 0.2) is 0 Å². The van der Waals surface area contributed by atoms with Gasteiger partial charge in [0.25, 0.3) is 11.6 Å². The molecule has 6 heteroatoms. The quantitative estimate of drug-likeness (QED) is 0.660. The van der Waals surface area contributed by atoms with E-state index in [1.54, 1.807) is 7.11 Å². The molecule has 0 spiro atoms. The minimum atomic E-state index is 0.00548. The number of aromatic nitrogens is 2. The number of amides is 1. The number of nitrogens with zero attached hydrogens (tertiary/aromatic N) is 3. The summed E-state index contributed by atoms with van der Waals surface area (Å²) >= 11 is 0. The molecule has 1 aliphatic rings. The number of fused-ring (bicyclic) bond motifs is 1. The third-order valence-electron chi connectivity index (χ3n) is 5.45. The van der Waals surface area contributed by atoms with E-state index in [0.29, 0.717) is 22.4 Å². The molecule has 1 aromatic carbocycles. The van der Waals surface area contributed by atoms with E-state index in [9.17, 15) is 4.79 Å². The topological polar surface area (TPSA) is 68.5 Å². The van der Waals surface area contributed by atoms with Crippen molar-refractivity contribution in [3.63, 3.8) is 0 Å². The number of hydrogen-bond donors (Lipinski definition) is 0. The molecule has 0 saturated carbocycles. The number of methoxy groups -OCH3 is 1. The van der Waals surface area contributed by atoms with Crippen molar-refractivity contribution < 1.29 is 14.1 Å². The third kappa shape index (κ3) is 3.13. The van der Waals surface area contributed by atoms with Gasteiger partial charge in [-0.1, -0.05) is 31.1 Å². The Balaban J connectivity index is 1.77. The van der Waals surface area contributed by atoms with Gasteiger partial charge in [-0.3, -0.25) is 4.79 Å². The fourth-order valence-electron chi connectivity index (χ4n) is 3.94. The van der Waals surface area contributed by atoms with Crippen molar-refractivity contribution in [3.05, 3.63) is 52.8 Å². The standard InChI is InChI=1S/C22H25N3O3/c1-13(2)18-12-17(20-14(3)24-28-21(20)23-18)22(26)25-10-6-9-19(25)15-7-5-8-16(11-15)27-4/h5,7-8,11-13,19H,6,9-10H2,1-4H3/t19-/m1/s1. The first-order valence-electron chi connectivity index (χ1n) is 9.71. The van der Waals surface area contributed by atoms with Gasteiger partial charge in [0.05, 0.1) is 29.8 Å². The van der Waals surface area contributed by atoms with Crippen LogP contribution in [0.3, 0.4) is 0 Å². The lowest BCUT2D eigenvalue weighted by Gasteiger charge is -2.26. The smallest absolute Gasteiger partial charge is 0.259 e. The van der Waals surface area contributed by atoms with Crippen LogP contribution in [0.15, 0.2) is 34.9 Å². The average Bonchev–Trinajstić information content (AvgIpc) is 3.34. The second kappa shape index (κ2) is 7.26. The molecule has 0 aliphatic carbocycles. The summed E-state index contributed by atoms with van der Waals surface area (Å²) in [5, 5.41) is 4.75. The number of benzene rings is 1. The molecule has 1 atom stereocenters. The third-order valence-corrected chi connectivity index (χ3v) is 5.45. The summed E-state index contributed by atoms with van der Waals surface area (Å²) in [7, 11) is 1.66. The second-order valence-electron chi connectivity index (χ2n) is 7.63. The Hall–Kier alpha value is -2.89. The van der Waals surface area contributed by atoms with Gasteiger partial charge < -0.3 is 14.2 Å². The highest BCUT2D eigenvalue weighted by atomic mass is 16.5. The molecule has 1 saturated heterocycles. The summed E-state index contributed by atoms with van der Waals surface area (Å²) < 4.78 is 10.8. The molecule has 6 nitrogen and oxygen atoms in total. The van der Waals surface area contributed by atoms with Gasteiger partial charge in [-0.15, -0.1) is 0 Å². The lowest BCUT2D eigenvalue weighted by Crippen LogP contribution is -2.31. The minimum Gasteiger partial charge on any atom is -0.497 e. The molecule has 3 heterocycles. The molecule has 4 rings (SSSR count). The molecule has 0 unspecified atom stereocenters. The van der Waals surface area contributed by atoms with E-state index in [1.807, 2.05) is 36.1 Å². The number of carbonyl (C=O) groups is 1. The summed E-state index contributed by atoms with van der Waals surface area (Å²) in [6.07, 6.45) is 1.91. The summed E-state index contributed by atoms with van der Waals surface area (Å²) in [5.41, 5.74) is 3.69. The normalized spacial score (nSPS) is 16.9. The number of aryl methyl sites for hydroxylation is 1. The minimum absolute atomic E-state index is 0.00548. The molecule has 1 aliphatic heterocycles. The zero-order valence-corrected chi connectivity index (χ0v) is 16.7. The molecular weight excluding hydrogens is 354 g/mol. The molecule has 3 aromatic rings. The maximum atomic E-state index is 13.6. The van der Waals surface area contributed by atoms with E-state index < -0.39 is 0 Å². The molecule has 1 amide bonds. The fourth-order valence-corrected chi connectivity index (χ4v) is 3.94. The van der Waals surface area contributed by atoms with Gasteiger partial charge in [0.1, 0.15) is 5.75 Å². The Kier molecular flexibility index (Phi) is 4.79. The van der Waals surface area contributed by atoms with Crippen LogP contribution in [0.25, 0.3) is 11.1 Å². The van der Waals surface area contributed by atoms with Crippen LogP contribution in [0.5, 0.6) is 5.75 Å². The van der Waals surface area contributed by atoms with E-state index in [1.165, 1.54) is 0 Å². The summed E-state index contributed by atoms with van der Waals surface area (Å²) in [4.78, 5) is 20.1. The monoisotopic (exact) mass is 379 g/mol. The summed E-state index contributed by atoms with van der Waals surface area (Å²) in [6, 6.07) is 9.91. The zero-order valence-electron chi connectivity index (χ0n) is 16.7. The van der Waals surface area contributed by atoms with Crippen LogP contribution in [0, 0.1) is 6.92 Å². The Morgan fingerprint density at radius 2 is 2.14 bits per heavy atom. The highest BCUT2D eigenvalue weighted by Crippen LogP contribution is 2.36. The zero-order chi connectivity index (χ0) is 19.8. The molecule has 0 bridgehead atoms. The molecule has 0 radical (unpaired) electrons. The molecule has 146 valence electrons. The van der Waals surface area contributed by atoms with E-state index >= 15 is 0 Å². The average molecular weight is 379 g/mol. The highest BCUT2D eigenvalue weighted by Gasteiger charge is 2.33. The maximum absolute atomic E-state index is 13.6. The lowest BCUT2D eigenvalue weighted by atomic mass is 10.0. The van der Waals surface area contributed by atoms with Gasteiger partial charge in [-0.25, -0.2) is 4.98 Å². The Morgan fingerprint density at radius 1 is 1.32 bits per heavy atom. The first-order chi connectivity index (χ1) is 13.5. The van der Waals surface area contributed by atoms with Gasteiger partial charge >= 0.3 is 0 Å². The Labute approximate surface area is 164 Å². The van der Waals surface area contributed by atoms with E-state index in [2.05, 4.69) is 30.1 Å². The largest absolute Gasteiger partial charge is 0.497 e. The van der Waals surface area contributed by atoms with Gasteiger partial charge in [-0.05, 0) is 49.4 Å². The van der Waals surface area contributed by atoms with E-state index in [4.69, 9.17) is 9.26 Å². The lowest BCUT2D eigenvalue weighted by molar-refractivity contribution is 0.0737. The van der Waals surface area contributed by atoms with E-state index in [0.717, 1.165) is 36.4 Å². The van der Waals surface area contributed by atoms with Crippen LogP contribution < -0.4 is 4.74 Å². The number of likely N-dealkylation sites (tertiary alicyclic amines) is 1. The molecule has 2 aromatic heterocycles. The van der Waals surface area contributed by atoms with Crippen molar-refractivity contribution in [2.45, 2.75) is 45.6 Å².